The number of imidazole rings is 1. The maximum Gasteiger partial charge on any atom is 0.124 e. The van der Waals surface area contributed by atoms with Crippen molar-refractivity contribution in [3.05, 3.63) is 58.9 Å². The van der Waals surface area contributed by atoms with E-state index in [2.05, 4.69) is 17.9 Å². The number of hydrogen-bond donors (Lipinski definition) is 0. The van der Waals surface area contributed by atoms with Crippen molar-refractivity contribution < 1.29 is 9.13 Å². The summed E-state index contributed by atoms with van der Waals surface area (Å²) in [6.07, 6.45) is 3.38. The van der Waals surface area contributed by atoms with Crippen molar-refractivity contribution in [2.75, 3.05) is 26.4 Å². The number of para-hydroxylation sites is 2. The van der Waals surface area contributed by atoms with Crippen LogP contribution in [-0.2, 0) is 13.1 Å². The van der Waals surface area contributed by atoms with Crippen LogP contribution in [0.15, 0.2) is 42.5 Å². The summed E-state index contributed by atoms with van der Waals surface area (Å²) in [7, 11) is 0. The predicted molar refractivity (Wildman–Crippen MR) is 127 cm³/mol. The molecule has 5 rings (SSSR count). The molecule has 2 fully saturated rings. The van der Waals surface area contributed by atoms with Gasteiger partial charge in [0.2, 0.25) is 0 Å². The van der Waals surface area contributed by atoms with Gasteiger partial charge in [0.25, 0.3) is 0 Å². The predicted octanol–water partition coefficient (Wildman–Crippen LogP) is 6.07. The number of aromatic nitrogens is 2. The molecule has 0 N–H and O–H groups in total. The Kier molecular flexibility index (Phi) is 6.38. The summed E-state index contributed by atoms with van der Waals surface area (Å²) in [6, 6.07) is 14.1. The highest BCUT2D eigenvalue weighted by atomic mass is 35.5. The number of piperidine rings is 1. The summed E-state index contributed by atoms with van der Waals surface area (Å²) < 4.78 is 21.5. The number of halogens is 2. The first-order valence-electron chi connectivity index (χ1n) is 11.8. The fraction of sp³-hybridized carbons (Fsp3) is 0.500. The number of alkyl halides is 1. The van der Waals surface area contributed by atoms with E-state index in [0.717, 1.165) is 72.6 Å². The van der Waals surface area contributed by atoms with Crippen molar-refractivity contribution in [2.24, 2.45) is 11.8 Å². The van der Waals surface area contributed by atoms with E-state index in [9.17, 15) is 4.39 Å². The van der Waals surface area contributed by atoms with E-state index in [1.54, 1.807) is 0 Å². The van der Waals surface area contributed by atoms with Crippen LogP contribution in [0.2, 0.25) is 5.02 Å². The Morgan fingerprint density at radius 1 is 1.16 bits per heavy atom. The molecule has 4 nitrogen and oxygen atoms in total. The molecule has 170 valence electrons. The van der Waals surface area contributed by atoms with Gasteiger partial charge in [-0.05, 0) is 86.0 Å². The van der Waals surface area contributed by atoms with Gasteiger partial charge in [0.15, 0.2) is 0 Å². The molecule has 2 unspecified atom stereocenters. The van der Waals surface area contributed by atoms with Crippen molar-refractivity contribution in [1.82, 2.24) is 14.5 Å². The average molecular weight is 456 g/mol. The number of ether oxygens (including phenoxy) is 1. The van der Waals surface area contributed by atoms with Crippen LogP contribution in [-0.4, -0.2) is 40.8 Å². The molecule has 1 aliphatic carbocycles. The van der Waals surface area contributed by atoms with Crippen LogP contribution in [0.3, 0.4) is 0 Å². The molecule has 1 aromatic heterocycles. The average Bonchev–Trinajstić information content (AvgIpc) is 3.41. The Morgan fingerprint density at radius 2 is 1.94 bits per heavy atom. The first-order valence-corrected chi connectivity index (χ1v) is 12.1. The molecule has 2 atom stereocenters. The van der Waals surface area contributed by atoms with Gasteiger partial charge in [-0.15, -0.1) is 0 Å². The summed E-state index contributed by atoms with van der Waals surface area (Å²) in [5, 5.41) is 0.773. The number of nitrogens with zero attached hydrogens (tertiary/aromatic N) is 3. The molecule has 6 heteroatoms. The van der Waals surface area contributed by atoms with Crippen LogP contribution in [0, 0.1) is 11.8 Å². The monoisotopic (exact) mass is 455 g/mol. The highest BCUT2D eigenvalue weighted by Crippen LogP contribution is 2.40. The number of aryl methyl sites for hydroxylation is 1. The largest absolute Gasteiger partial charge is 0.493 e. The summed E-state index contributed by atoms with van der Waals surface area (Å²) in [5.74, 6) is 3.88. The van der Waals surface area contributed by atoms with Gasteiger partial charge in [-0.1, -0.05) is 30.7 Å². The second-order valence-corrected chi connectivity index (χ2v) is 9.81. The first kappa shape index (κ1) is 21.7. The van der Waals surface area contributed by atoms with Crippen LogP contribution >= 0.6 is 11.6 Å². The van der Waals surface area contributed by atoms with Crippen molar-refractivity contribution in [3.8, 4) is 5.75 Å². The van der Waals surface area contributed by atoms with Gasteiger partial charge in [0.1, 0.15) is 18.2 Å². The zero-order valence-corrected chi connectivity index (χ0v) is 19.4. The van der Waals surface area contributed by atoms with Crippen molar-refractivity contribution in [2.45, 2.75) is 45.2 Å². The second-order valence-electron chi connectivity index (χ2n) is 9.37. The maximum absolute atomic E-state index is 13.2. The van der Waals surface area contributed by atoms with Crippen LogP contribution in [0.25, 0.3) is 11.0 Å². The van der Waals surface area contributed by atoms with Gasteiger partial charge < -0.3 is 9.30 Å². The molecule has 0 spiro atoms. The number of hydrogen-bond acceptors (Lipinski definition) is 3. The lowest BCUT2D eigenvalue weighted by Crippen LogP contribution is -2.33. The number of benzene rings is 2. The van der Waals surface area contributed by atoms with Crippen molar-refractivity contribution in [3.63, 3.8) is 0 Å². The van der Waals surface area contributed by atoms with Gasteiger partial charge in [-0.3, -0.25) is 4.90 Å². The van der Waals surface area contributed by atoms with E-state index < -0.39 is 0 Å². The minimum Gasteiger partial charge on any atom is -0.493 e. The third kappa shape index (κ3) is 4.65. The van der Waals surface area contributed by atoms with Crippen molar-refractivity contribution in [1.29, 1.82) is 0 Å². The number of fused-ring (bicyclic) bond motifs is 1. The lowest BCUT2D eigenvalue weighted by Gasteiger charge is -2.32. The van der Waals surface area contributed by atoms with Crippen LogP contribution in [0.5, 0.6) is 5.75 Å². The van der Waals surface area contributed by atoms with E-state index >= 15 is 0 Å². The Hall–Kier alpha value is -2.11. The fourth-order valence-corrected chi connectivity index (χ4v) is 5.16. The Labute approximate surface area is 194 Å². The molecule has 2 heterocycles. The number of likely N-dealkylation sites (tertiary alicyclic amines) is 1. The van der Waals surface area contributed by atoms with E-state index in [4.69, 9.17) is 21.3 Å². The lowest BCUT2D eigenvalue weighted by atomic mass is 9.88. The van der Waals surface area contributed by atoms with E-state index in [1.165, 1.54) is 12.0 Å². The normalized spacial score (nSPS) is 21.8. The smallest absolute Gasteiger partial charge is 0.124 e. The fourth-order valence-electron chi connectivity index (χ4n) is 4.98. The van der Waals surface area contributed by atoms with Crippen LogP contribution in [0.1, 0.15) is 43.5 Å². The Bertz CT molecular complexity index is 1080. The third-order valence-corrected chi connectivity index (χ3v) is 7.37. The topological polar surface area (TPSA) is 30.3 Å². The molecular formula is C26H31ClFN3O. The summed E-state index contributed by atoms with van der Waals surface area (Å²) >= 11 is 6.35. The zero-order valence-electron chi connectivity index (χ0n) is 18.6. The molecular weight excluding hydrogens is 425 g/mol. The molecule has 1 saturated heterocycles. The Morgan fingerprint density at radius 3 is 2.69 bits per heavy atom. The van der Waals surface area contributed by atoms with E-state index in [0.29, 0.717) is 18.4 Å². The molecule has 32 heavy (non-hydrogen) atoms. The highest BCUT2D eigenvalue weighted by Gasteiger charge is 2.33. The zero-order chi connectivity index (χ0) is 22.1. The molecule has 2 aromatic carbocycles. The van der Waals surface area contributed by atoms with E-state index in [1.807, 2.05) is 41.0 Å². The minimum absolute atomic E-state index is 0.356. The van der Waals surface area contributed by atoms with Gasteiger partial charge in [0, 0.05) is 5.02 Å². The molecule has 1 saturated carbocycles. The van der Waals surface area contributed by atoms with Crippen LogP contribution < -0.4 is 4.74 Å². The molecule has 1 aliphatic heterocycles. The molecule has 2 aliphatic rings. The molecule has 0 radical (unpaired) electrons. The standard InChI is InChI=1S/C26H31ClFN3O/c1-18-14-20(18)17-32-25-7-6-21(27)15-22(25)19-8-11-30(12-9-19)16-26-29-23-4-2-3-5-24(23)31(26)13-10-28/h2-7,15,18-20H,8-14,16-17H2,1H3. The van der Waals surface area contributed by atoms with Gasteiger partial charge in [-0.25, -0.2) is 9.37 Å². The molecule has 3 aromatic rings. The van der Waals surface area contributed by atoms with Crippen LogP contribution in [0.4, 0.5) is 4.39 Å². The lowest BCUT2D eigenvalue weighted by molar-refractivity contribution is 0.195. The summed E-state index contributed by atoms with van der Waals surface area (Å²) in [4.78, 5) is 7.23. The van der Waals surface area contributed by atoms with Crippen molar-refractivity contribution >= 4 is 22.6 Å². The molecule has 0 amide bonds. The number of rotatable bonds is 8. The second kappa shape index (κ2) is 9.40. The van der Waals surface area contributed by atoms with Gasteiger partial charge in [-0.2, -0.15) is 0 Å². The SMILES string of the molecule is CC1CC1COc1ccc(Cl)cc1C1CCN(Cc2nc3ccccc3n2CCF)CC1. The van der Waals surface area contributed by atoms with Gasteiger partial charge >= 0.3 is 0 Å². The highest BCUT2D eigenvalue weighted by molar-refractivity contribution is 6.30. The third-order valence-electron chi connectivity index (χ3n) is 7.14. The Balaban J connectivity index is 1.25. The minimum atomic E-state index is -0.382. The summed E-state index contributed by atoms with van der Waals surface area (Å²) in [6.45, 7) is 5.78. The quantitative estimate of drug-likeness (QED) is 0.412. The maximum atomic E-state index is 13.2. The summed E-state index contributed by atoms with van der Waals surface area (Å²) in [5.41, 5.74) is 3.20. The first-order chi connectivity index (χ1) is 15.6. The van der Waals surface area contributed by atoms with Gasteiger partial charge in [0.05, 0.1) is 30.7 Å². The molecule has 0 bridgehead atoms. The van der Waals surface area contributed by atoms with E-state index in [-0.39, 0.29) is 6.67 Å².